The molecule has 0 aliphatic rings. The molecule has 30 heavy (non-hydrogen) atoms. The van der Waals surface area contributed by atoms with Crippen LogP contribution in [-0.2, 0) is 6.54 Å². The summed E-state index contributed by atoms with van der Waals surface area (Å²) in [5.41, 5.74) is 2.82. The molecular weight excluding hydrogens is 376 g/mol. The molecule has 0 unspecified atom stereocenters. The summed E-state index contributed by atoms with van der Waals surface area (Å²) < 4.78 is 1.51. The molecule has 1 amide bonds. The quantitative estimate of drug-likeness (QED) is 0.569. The van der Waals surface area contributed by atoms with Crippen molar-refractivity contribution in [1.82, 2.24) is 9.55 Å². The van der Waals surface area contributed by atoms with Crippen LogP contribution in [0.2, 0.25) is 0 Å². The topological polar surface area (TPSA) is 87.8 Å². The molecule has 0 aliphatic heterocycles. The third-order valence-corrected chi connectivity index (χ3v) is 4.85. The van der Waals surface area contributed by atoms with Crippen molar-refractivity contribution < 1.29 is 4.79 Å². The number of nitriles is 1. The van der Waals surface area contributed by atoms with Crippen molar-refractivity contribution in [3.05, 3.63) is 106 Å². The van der Waals surface area contributed by atoms with E-state index in [2.05, 4.69) is 10.3 Å². The number of aromatic nitrogens is 2. The third-order valence-electron chi connectivity index (χ3n) is 4.85. The van der Waals surface area contributed by atoms with Crippen molar-refractivity contribution >= 4 is 22.6 Å². The highest BCUT2D eigenvalue weighted by Gasteiger charge is 2.17. The maximum absolute atomic E-state index is 13.2. The molecule has 1 N–H and O–H groups in total. The predicted molar refractivity (Wildman–Crippen MR) is 115 cm³/mol. The van der Waals surface area contributed by atoms with Crippen molar-refractivity contribution in [1.29, 1.82) is 5.26 Å². The van der Waals surface area contributed by atoms with Gasteiger partial charge in [-0.15, -0.1) is 0 Å². The first-order valence-electron chi connectivity index (χ1n) is 9.41. The van der Waals surface area contributed by atoms with E-state index in [-0.39, 0.29) is 5.56 Å². The monoisotopic (exact) mass is 394 g/mol. The standard InChI is InChI=1S/C24H18N4O2/c1-16-8-10-17(11-9-16)15-28-22-18(6-4-12-26-22)13-20(24(28)30)23(29)27-21-7-3-2-5-19(21)14-25/h2-13H,15H2,1H3,(H,27,29). The molecule has 0 fully saturated rings. The molecule has 0 spiro atoms. The zero-order valence-corrected chi connectivity index (χ0v) is 16.3. The fourth-order valence-corrected chi connectivity index (χ4v) is 3.27. The Hall–Kier alpha value is -4.24. The molecule has 0 bridgehead atoms. The lowest BCUT2D eigenvalue weighted by molar-refractivity contribution is 0.102. The van der Waals surface area contributed by atoms with Gasteiger partial charge >= 0.3 is 0 Å². The first-order valence-corrected chi connectivity index (χ1v) is 9.41. The Labute approximate surface area is 173 Å². The van der Waals surface area contributed by atoms with E-state index in [1.165, 1.54) is 4.57 Å². The van der Waals surface area contributed by atoms with Gasteiger partial charge in [0, 0.05) is 11.6 Å². The summed E-state index contributed by atoms with van der Waals surface area (Å²) in [7, 11) is 0. The van der Waals surface area contributed by atoms with Crippen LogP contribution in [0.5, 0.6) is 0 Å². The number of nitrogens with one attached hydrogen (secondary N) is 1. The van der Waals surface area contributed by atoms with Crippen molar-refractivity contribution in [2.75, 3.05) is 5.32 Å². The van der Waals surface area contributed by atoms with Crippen LogP contribution in [0, 0.1) is 18.3 Å². The van der Waals surface area contributed by atoms with Crippen molar-refractivity contribution in [3.8, 4) is 6.07 Å². The van der Waals surface area contributed by atoms with Gasteiger partial charge in [0.25, 0.3) is 11.5 Å². The number of rotatable bonds is 4. The SMILES string of the molecule is Cc1ccc(Cn2c(=O)c(C(=O)Nc3ccccc3C#N)cc3cccnc32)cc1. The molecule has 0 atom stereocenters. The number of hydrogen-bond acceptors (Lipinski definition) is 4. The molecule has 0 radical (unpaired) electrons. The van der Waals surface area contributed by atoms with Crippen LogP contribution in [0.15, 0.2) is 77.7 Å². The molecule has 0 aliphatic carbocycles. The fraction of sp³-hybridized carbons (Fsp3) is 0.0833. The highest BCUT2D eigenvalue weighted by atomic mass is 16.2. The van der Waals surface area contributed by atoms with Gasteiger partial charge in [-0.2, -0.15) is 5.26 Å². The lowest BCUT2D eigenvalue weighted by Gasteiger charge is -2.13. The van der Waals surface area contributed by atoms with Gasteiger partial charge in [-0.05, 0) is 42.8 Å². The number of pyridine rings is 2. The van der Waals surface area contributed by atoms with Gasteiger partial charge in [-0.3, -0.25) is 14.2 Å². The summed E-state index contributed by atoms with van der Waals surface area (Å²) >= 11 is 0. The minimum absolute atomic E-state index is 0.00430. The molecule has 6 heteroatoms. The molecule has 0 saturated carbocycles. The fourth-order valence-electron chi connectivity index (χ4n) is 3.27. The van der Waals surface area contributed by atoms with Gasteiger partial charge in [-0.1, -0.05) is 42.0 Å². The highest BCUT2D eigenvalue weighted by Crippen LogP contribution is 2.17. The first-order chi connectivity index (χ1) is 14.6. The van der Waals surface area contributed by atoms with Crippen LogP contribution in [0.4, 0.5) is 5.69 Å². The number of hydrogen-bond donors (Lipinski definition) is 1. The summed E-state index contributed by atoms with van der Waals surface area (Å²) in [6, 6.07) is 21.7. The molecule has 2 aromatic carbocycles. The van der Waals surface area contributed by atoms with Crippen molar-refractivity contribution in [3.63, 3.8) is 0 Å². The Morgan fingerprint density at radius 3 is 2.63 bits per heavy atom. The Kier molecular flexibility index (Phi) is 5.10. The summed E-state index contributed by atoms with van der Waals surface area (Å²) in [6.07, 6.45) is 1.62. The second kappa shape index (κ2) is 8.02. The van der Waals surface area contributed by atoms with Crippen molar-refractivity contribution in [2.45, 2.75) is 13.5 Å². The molecule has 2 aromatic heterocycles. The number of para-hydroxylation sites is 1. The lowest BCUT2D eigenvalue weighted by atomic mass is 10.1. The van der Waals surface area contributed by atoms with E-state index in [1.807, 2.05) is 43.3 Å². The Bertz CT molecular complexity index is 1350. The zero-order valence-electron chi connectivity index (χ0n) is 16.3. The van der Waals surface area contributed by atoms with Gasteiger partial charge in [0.05, 0.1) is 17.8 Å². The summed E-state index contributed by atoms with van der Waals surface area (Å²) in [5, 5.41) is 12.6. The lowest BCUT2D eigenvalue weighted by Crippen LogP contribution is -2.30. The van der Waals surface area contributed by atoms with E-state index in [0.717, 1.165) is 11.1 Å². The first kappa shape index (κ1) is 19.1. The van der Waals surface area contributed by atoms with Crippen LogP contribution < -0.4 is 10.9 Å². The third kappa shape index (κ3) is 3.69. The van der Waals surface area contributed by atoms with Crippen molar-refractivity contribution in [2.24, 2.45) is 0 Å². The molecular formula is C24H18N4O2. The second-order valence-electron chi connectivity index (χ2n) is 6.96. The van der Waals surface area contributed by atoms with E-state index < -0.39 is 11.5 Å². The number of benzene rings is 2. The number of amides is 1. The Morgan fingerprint density at radius 2 is 1.87 bits per heavy atom. The number of carbonyl (C=O) groups excluding carboxylic acids is 1. The number of anilines is 1. The van der Waals surface area contributed by atoms with Crippen LogP contribution in [0.25, 0.3) is 11.0 Å². The Balaban J connectivity index is 1.80. The smallest absolute Gasteiger partial charge is 0.265 e. The van der Waals surface area contributed by atoms with Gasteiger partial charge < -0.3 is 5.32 Å². The summed E-state index contributed by atoms with van der Waals surface area (Å²) in [6.45, 7) is 2.29. The molecule has 0 saturated heterocycles. The highest BCUT2D eigenvalue weighted by molar-refractivity contribution is 6.06. The largest absolute Gasteiger partial charge is 0.321 e. The molecule has 2 heterocycles. The van der Waals surface area contributed by atoms with Crippen LogP contribution in [-0.4, -0.2) is 15.5 Å². The molecule has 146 valence electrons. The maximum Gasteiger partial charge on any atom is 0.265 e. The minimum atomic E-state index is -0.564. The minimum Gasteiger partial charge on any atom is -0.321 e. The van der Waals surface area contributed by atoms with Crippen LogP contribution in [0.3, 0.4) is 0 Å². The maximum atomic E-state index is 13.2. The normalized spacial score (nSPS) is 10.5. The number of fused-ring (bicyclic) bond motifs is 1. The Morgan fingerprint density at radius 1 is 1.10 bits per heavy atom. The van der Waals surface area contributed by atoms with Crippen LogP contribution >= 0.6 is 0 Å². The molecule has 6 nitrogen and oxygen atoms in total. The van der Waals surface area contributed by atoms with Gasteiger partial charge in [0.15, 0.2) is 0 Å². The molecule has 4 rings (SSSR count). The van der Waals surface area contributed by atoms with E-state index in [0.29, 0.717) is 28.8 Å². The average Bonchev–Trinajstić information content (AvgIpc) is 2.77. The summed E-state index contributed by atoms with van der Waals surface area (Å²) in [5.74, 6) is -0.564. The van der Waals surface area contributed by atoms with E-state index in [9.17, 15) is 14.9 Å². The van der Waals surface area contributed by atoms with Gasteiger partial charge in [0.1, 0.15) is 17.3 Å². The second-order valence-corrected chi connectivity index (χ2v) is 6.96. The predicted octanol–water partition coefficient (Wildman–Crippen LogP) is 3.88. The number of nitrogens with zero attached hydrogens (tertiary/aromatic N) is 3. The average molecular weight is 394 g/mol. The van der Waals surface area contributed by atoms with E-state index in [1.54, 1.807) is 42.6 Å². The van der Waals surface area contributed by atoms with E-state index >= 15 is 0 Å². The number of carbonyl (C=O) groups is 1. The van der Waals surface area contributed by atoms with Gasteiger partial charge in [-0.25, -0.2) is 4.98 Å². The zero-order chi connectivity index (χ0) is 21.1. The van der Waals surface area contributed by atoms with Gasteiger partial charge in [0.2, 0.25) is 0 Å². The number of aryl methyl sites for hydroxylation is 1. The molecule has 4 aromatic rings. The summed E-state index contributed by atoms with van der Waals surface area (Å²) in [4.78, 5) is 30.5. The van der Waals surface area contributed by atoms with Crippen LogP contribution in [0.1, 0.15) is 27.0 Å². The van der Waals surface area contributed by atoms with E-state index in [4.69, 9.17) is 0 Å².